The number of carbonyl (C=O) groups is 2. The smallest absolute Gasteiger partial charge is 0.409 e. The molecule has 0 bridgehead atoms. The fourth-order valence-corrected chi connectivity index (χ4v) is 6.00. The number of thioether (sulfide) groups is 1. The average molecular weight is 550 g/mol. The fourth-order valence-electron chi connectivity index (χ4n) is 4.60. The van der Waals surface area contributed by atoms with Crippen LogP contribution in [0.2, 0.25) is 0 Å². The van der Waals surface area contributed by atoms with Crippen molar-refractivity contribution in [2.45, 2.75) is 19.9 Å². The Morgan fingerprint density at radius 1 is 1.11 bits per heavy atom. The molecule has 4 heterocycles. The van der Waals surface area contributed by atoms with Gasteiger partial charge in [-0.05, 0) is 37.6 Å². The number of benzene rings is 1. The molecule has 9 nitrogen and oxygen atoms in total. The number of pyridine rings is 1. The molecular weight excluding hydrogens is 522 g/mol. The van der Waals surface area contributed by atoms with E-state index < -0.39 is 0 Å². The summed E-state index contributed by atoms with van der Waals surface area (Å²) in [5.41, 5.74) is 1.51. The molecule has 196 valence electrons. The number of nitrogens with zero attached hydrogens (tertiary/aromatic N) is 5. The highest BCUT2D eigenvalue weighted by atomic mass is 32.2. The van der Waals surface area contributed by atoms with Gasteiger partial charge in [0.25, 0.3) is 11.5 Å². The van der Waals surface area contributed by atoms with Crippen LogP contribution >= 0.6 is 24.0 Å². The maximum absolute atomic E-state index is 13.7. The Bertz CT molecular complexity index is 1480. The normalized spacial score (nSPS) is 17.9. The van der Waals surface area contributed by atoms with E-state index in [0.29, 0.717) is 59.0 Å². The molecule has 3 aromatic rings. The Kier molecular flexibility index (Phi) is 7.48. The van der Waals surface area contributed by atoms with Crippen LogP contribution in [-0.4, -0.2) is 68.3 Å². The van der Waals surface area contributed by atoms with Gasteiger partial charge in [-0.25, -0.2) is 9.78 Å². The van der Waals surface area contributed by atoms with Gasteiger partial charge in [-0.1, -0.05) is 60.4 Å². The van der Waals surface area contributed by atoms with Gasteiger partial charge in [-0.3, -0.25) is 18.9 Å². The molecule has 5 rings (SSSR count). The molecule has 2 saturated heterocycles. The van der Waals surface area contributed by atoms with E-state index in [0.717, 1.165) is 5.56 Å². The summed E-state index contributed by atoms with van der Waals surface area (Å²) in [6, 6.07) is 14.8. The number of thiocarbonyl (C=S) groups is 1. The third-order valence-corrected chi connectivity index (χ3v) is 7.95. The van der Waals surface area contributed by atoms with Crippen LogP contribution in [0.25, 0.3) is 11.7 Å². The quantitative estimate of drug-likeness (QED) is 0.350. The number of fused-ring (bicyclic) bond motifs is 1. The van der Waals surface area contributed by atoms with Gasteiger partial charge in [0, 0.05) is 32.4 Å². The second-order valence-electron chi connectivity index (χ2n) is 8.89. The second-order valence-corrected chi connectivity index (χ2v) is 10.6. The lowest BCUT2D eigenvalue weighted by molar-refractivity contribution is -0.123. The molecule has 38 heavy (non-hydrogen) atoms. The Labute approximate surface area is 229 Å². The van der Waals surface area contributed by atoms with Gasteiger partial charge in [0.15, 0.2) is 0 Å². The highest BCUT2D eigenvalue weighted by Gasteiger charge is 2.36. The standard InChI is InChI=1S/C27H27N5O4S2/c1-3-36-26(35)30-15-13-29(14-16-30)23-20(24(33)31-12-8-7-11-22(31)28-23)17-21-25(34)32(27(37)38-21)18(2)19-9-5-4-6-10-19/h4-12,17-18H,3,13-16H2,1-2H3/b21-17-/t18-/m0/s1. The first-order valence-corrected chi connectivity index (χ1v) is 13.6. The molecule has 0 N–H and O–H groups in total. The molecule has 2 aliphatic rings. The summed E-state index contributed by atoms with van der Waals surface area (Å²) in [5.74, 6) is 0.234. The van der Waals surface area contributed by atoms with Gasteiger partial charge < -0.3 is 14.5 Å². The molecule has 1 atom stereocenters. The lowest BCUT2D eigenvalue weighted by atomic mass is 10.1. The summed E-state index contributed by atoms with van der Waals surface area (Å²) >= 11 is 6.77. The minimum Gasteiger partial charge on any atom is -0.450 e. The summed E-state index contributed by atoms with van der Waals surface area (Å²) in [4.78, 5) is 49.7. The minimum absolute atomic E-state index is 0.244. The van der Waals surface area contributed by atoms with Gasteiger partial charge in [-0.15, -0.1) is 0 Å². The number of carbonyl (C=O) groups excluding carboxylic acids is 2. The van der Waals surface area contributed by atoms with E-state index in [2.05, 4.69) is 0 Å². The SMILES string of the molecule is CCOC(=O)N1CCN(c2nc3ccccn3c(=O)c2/C=C2\SC(=S)N([C@@H](C)c3ccccc3)C2=O)CC1. The van der Waals surface area contributed by atoms with Crippen molar-refractivity contribution in [1.82, 2.24) is 19.2 Å². The maximum Gasteiger partial charge on any atom is 0.409 e. The monoisotopic (exact) mass is 549 g/mol. The Morgan fingerprint density at radius 2 is 1.82 bits per heavy atom. The first kappa shape index (κ1) is 25.9. The van der Waals surface area contributed by atoms with Crippen LogP contribution in [0.15, 0.2) is 64.4 Å². The number of piperazine rings is 1. The van der Waals surface area contributed by atoms with Crippen molar-refractivity contribution < 1.29 is 14.3 Å². The van der Waals surface area contributed by atoms with Crippen molar-refractivity contribution in [2.75, 3.05) is 37.7 Å². The molecule has 1 aromatic carbocycles. The first-order valence-electron chi connectivity index (χ1n) is 12.4. The predicted octanol–water partition coefficient (Wildman–Crippen LogP) is 3.94. The van der Waals surface area contributed by atoms with E-state index >= 15 is 0 Å². The number of amides is 2. The van der Waals surface area contributed by atoms with E-state index in [4.69, 9.17) is 21.9 Å². The van der Waals surface area contributed by atoms with Crippen LogP contribution in [0.1, 0.15) is 31.0 Å². The van der Waals surface area contributed by atoms with Gasteiger partial charge in [-0.2, -0.15) is 0 Å². The summed E-state index contributed by atoms with van der Waals surface area (Å²) < 4.78 is 7.04. The van der Waals surface area contributed by atoms with E-state index in [1.807, 2.05) is 48.2 Å². The van der Waals surface area contributed by atoms with Gasteiger partial charge in [0.05, 0.1) is 23.1 Å². The zero-order valence-corrected chi connectivity index (χ0v) is 22.7. The second kappa shape index (κ2) is 11.0. The Balaban J connectivity index is 1.51. The third kappa shape index (κ3) is 4.91. The van der Waals surface area contributed by atoms with E-state index in [1.54, 1.807) is 41.1 Å². The number of hydrogen-bond donors (Lipinski definition) is 0. The highest BCUT2D eigenvalue weighted by molar-refractivity contribution is 8.26. The van der Waals surface area contributed by atoms with Gasteiger partial charge in [0.1, 0.15) is 15.8 Å². The lowest BCUT2D eigenvalue weighted by Gasteiger charge is -2.35. The number of anilines is 1. The third-order valence-electron chi connectivity index (χ3n) is 6.62. The number of rotatable bonds is 5. The zero-order chi connectivity index (χ0) is 26.8. The zero-order valence-electron chi connectivity index (χ0n) is 21.1. The maximum atomic E-state index is 13.7. The molecule has 2 amide bonds. The molecule has 0 spiro atoms. The van der Waals surface area contributed by atoms with Crippen molar-refractivity contribution in [2.24, 2.45) is 0 Å². The Morgan fingerprint density at radius 3 is 2.53 bits per heavy atom. The van der Waals surface area contributed by atoms with Crippen LogP contribution in [0.3, 0.4) is 0 Å². The predicted molar refractivity (Wildman–Crippen MR) is 152 cm³/mol. The molecule has 0 radical (unpaired) electrons. The van der Waals surface area contributed by atoms with Gasteiger partial charge in [0.2, 0.25) is 0 Å². The largest absolute Gasteiger partial charge is 0.450 e. The van der Waals surface area contributed by atoms with Crippen molar-refractivity contribution in [3.8, 4) is 0 Å². The van der Waals surface area contributed by atoms with Crippen LogP contribution in [0, 0.1) is 0 Å². The van der Waals surface area contributed by atoms with Crippen molar-refractivity contribution in [3.05, 3.63) is 81.1 Å². The van der Waals surface area contributed by atoms with E-state index in [9.17, 15) is 14.4 Å². The molecular formula is C27H27N5O4S2. The van der Waals surface area contributed by atoms with Crippen LogP contribution in [-0.2, 0) is 9.53 Å². The number of aromatic nitrogens is 2. The minimum atomic E-state index is -0.352. The van der Waals surface area contributed by atoms with E-state index in [-0.39, 0.29) is 23.6 Å². The van der Waals surface area contributed by atoms with Crippen molar-refractivity contribution >= 4 is 57.8 Å². The summed E-state index contributed by atoms with van der Waals surface area (Å²) in [7, 11) is 0. The Hall–Kier alpha value is -3.70. The number of ether oxygens (including phenoxy) is 1. The summed E-state index contributed by atoms with van der Waals surface area (Å²) in [6.45, 7) is 5.84. The topological polar surface area (TPSA) is 87.5 Å². The molecule has 0 unspecified atom stereocenters. The summed E-state index contributed by atoms with van der Waals surface area (Å²) in [6.07, 6.45) is 2.92. The molecule has 2 aromatic heterocycles. The van der Waals surface area contributed by atoms with E-state index in [1.165, 1.54) is 16.2 Å². The fraction of sp³-hybridized carbons (Fsp3) is 0.296. The molecule has 0 saturated carbocycles. The van der Waals surface area contributed by atoms with Crippen LogP contribution in [0.4, 0.5) is 10.6 Å². The average Bonchev–Trinajstić information content (AvgIpc) is 3.22. The lowest BCUT2D eigenvalue weighted by Crippen LogP contribution is -2.49. The van der Waals surface area contributed by atoms with Gasteiger partial charge >= 0.3 is 6.09 Å². The van der Waals surface area contributed by atoms with Crippen molar-refractivity contribution in [1.29, 1.82) is 0 Å². The molecule has 2 aliphatic heterocycles. The highest BCUT2D eigenvalue weighted by Crippen LogP contribution is 2.38. The molecule has 2 fully saturated rings. The van der Waals surface area contributed by atoms with Crippen LogP contribution in [0.5, 0.6) is 0 Å². The molecule has 11 heteroatoms. The molecule has 0 aliphatic carbocycles. The van der Waals surface area contributed by atoms with Crippen molar-refractivity contribution in [3.63, 3.8) is 0 Å². The summed E-state index contributed by atoms with van der Waals surface area (Å²) in [5, 5.41) is 0. The van der Waals surface area contributed by atoms with Crippen LogP contribution < -0.4 is 10.5 Å². The number of hydrogen-bond acceptors (Lipinski definition) is 8. The first-order chi connectivity index (χ1) is 18.4.